The summed E-state index contributed by atoms with van der Waals surface area (Å²) in [5, 5.41) is 0. The Morgan fingerprint density at radius 3 is 1.78 bits per heavy atom. The number of nitrogens with zero attached hydrogens (tertiary/aromatic N) is 4. The van der Waals surface area contributed by atoms with Crippen LogP contribution in [0.5, 0.6) is 34.5 Å². The highest BCUT2D eigenvalue weighted by atomic mass is 16.5. The highest BCUT2D eigenvalue weighted by Gasteiger charge is 2.26. The normalized spacial score (nSPS) is 13.4. The van der Waals surface area contributed by atoms with Gasteiger partial charge in [0.1, 0.15) is 5.75 Å². The Kier molecular flexibility index (Phi) is 11.4. The van der Waals surface area contributed by atoms with Gasteiger partial charge in [-0.15, -0.1) is 0 Å². The van der Waals surface area contributed by atoms with Crippen molar-refractivity contribution < 1.29 is 28.4 Å². The van der Waals surface area contributed by atoms with E-state index in [2.05, 4.69) is 51.2 Å². The lowest BCUT2D eigenvalue weighted by Crippen LogP contribution is -2.44. The second-order valence-corrected chi connectivity index (χ2v) is 12.4. The van der Waals surface area contributed by atoms with Crippen LogP contribution in [0.25, 0.3) is 22.5 Å². The molecule has 5 aromatic rings. The maximum absolute atomic E-state index is 5.58. The van der Waals surface area contributed by atoms with Crippen LogP contribution in [-0.2, 0) is 13.1 Å². The molecule has 0 amide bonds. The molecule has 0 radical (unpaired) electrons. The van der Waals surface area contributed by atoms with Crippen LogP contribution in [-0.4, -0.2) is 76.7 Å². The predicted molar refractivity (Wildman–Crippen MR) is 200 cm³/mol. The van der Waals surface area contributed by atoms with Crippen LogP contribution in [0.1, 0.15) is 24.0 Å². The number of pyridine rings is 2. The van der Waals surface area contributed by atoms with E-state index in [1.165, 1.54) is 16.8 Å². The number of methoxy groups -OCH3 is 6. The molecule has 0 aliphatic carbocycles. The second kappa shape index (κ2) is 16.5. The van der Waals surface area contributed by atoms with Gasteiger partial charge in [-0.25, -0.2) is 0 Å². The highest BCUT2D eigenvalue weighted by Crippen LogP contribution is 2.41. The fraction of sp³-hybridized carbons (Fsp3) is 0.317. The molecule has 10 heteroatoms. The minimum absolute atomic E-state index is 0.361. The Balaban J connectivity index is 1.18. The molecule has 3 heterocycles. The molecule has 0 unspecified atom stereocenters. The van der Waals surface area contributed by atoms with E-state index in [0.717, 1.165) is 67.3 Å². The molecule has 2 aromatic heterocycles. The first-order valence-electron chi connectivity index (χ1n) is 17.0. The second-order valence-electron chi connectivity index (χ2n) is 12.4. The van der Waals surface area contributed by atoms with Gasteiger partial charge in [0.15, 0.2) is 23.0 Å². The van der Waals surface area contributed by atoms with E-state index in [-0.39, 0.29) is 0 Å². The molecule has 51 heavy (non-hydrogen) atoms. The Morgan fingerprint density at radius 2 is 1.18 bits per heavy atom. The summed E-state index contributed by atoms with van der Waals surface area (Å²) < 4.78 is 33.2. The maximum Gasteiger partial charge on any atom is 0.203 e. The zero-order valence-corrected chi connectivity index (χ0v) is 30.2. The van der Waals surface area contributed by atoms with Gasteiger partial charge in [0.05, 0.1) is 54.0 Å². The van der Waals surface area contributed by atoms with Crippen LogP contribution < -0.4 is 33.3 Å². The summed E-state index contributed by atoms with van der Waals surface area (Å²) >= 11 is 0. The van der Waals surface area contributed by atoms with E-state index in [1.54, 1.807) is 42.7 Å². The molecule has 3 aromatic carbocycles. The van der Waals surface area contributed by atoms with Gasteiger partial charge in [-0.3, -0.25) is 14.9 Å². The minimum Gasteiger partial charge on any atom is -0.497 e. The van der Waals surface area contributed by atoms with Crippen molar-refractivity contribution in [2.75, 3.05) is 60.6 Å². The van der Waals surface area contributed by atoms with Crippen LogP contribution >= 0.6 is 0 Å². The first-order chi connectivity index (χ1) is 25.0. The SMILES string of the molecule is COc1ccc(N(Cc2ccnc(-c3ccc(OC)c(OC)c3)c2)C2CCN(Cc3ccnc(-c4cc(OC)c(OC)c(OC)c4)c3)CC2)cc1. The lowest BCUT2D eigenvalue weighted by atomic mass is 10.00. The van der Waals surface area contributed by atoms with Gasteiger partial charge in [0.25, 0.3) is 0 Å². The van der Waals surface area contributed by atoms with E-state index >= 15 is 0 Å². The van der Waals surface area contributed by atoms with E-state index in [9.17, 15) is 0 Å². The molecule has 1 aliphatic heterocycles. The molecular weight excluding hydrogens is 644 g/mol. The molecule has 0 N–H and O–H groups in total. The highest BCUT2D eigenvalue weighted by molar-refractivity contribution is 5.69. The zero-order chi connectivity index (χ0) is 35.7. The summed E-state index contributed by atoms with van der Waals surface area (Å²) in [5.41, 5.74) is 7.19. The fourth-order valence-corrected chi connectivity index (χ4v) is 6.73. The molecule has 266 valence electrons. The molecule has 0 saturated carbocycles. The van der Waals surface area contributed by atoms with Crippen molar-refractivity contribution >= 4 is 5.69 Å². The van der Waals surface area contributed by atoms with Gasteiger partial charge in [-0.1, -0.05) is 0 Å². The summed E-state index contributed by atoms with van der Waals surface area (Å²) in [4.78, 5) is 14.4. The average Bonchev–Trinajstić information content (AvgIpc) is 3.19. The number of rotatable bonds is 14. The van der Waals surface area contributed by atoms with Gasteiger partial charge in [-0.05, 0) is 103 Å². The number of aromatic nitrogens is 2. The Hall–Kier alpha value is -5.48. The number of piperidine rings is 1. The smallest absolute Gasteiger partial charge is 0.203 e. The molecule has 0 spiro atoms. The number of ether oxygens (including phenoxy) is 6. The lowest BCUT2D eigenvalue weighted by Gasteiger charge is -2.40. The Bertz CT molecular complexity index is 1880. The van der Waals surface area contributed by atoms with E-state index in [4.69, 9.17) is 33.4 Å². The summed E-state index contributed by atoms with van der Waals surface area (Å²) in [6.45, 7) is 3.55. The summed E-state index contributed by atoms with van der Waals surface area (Å²) in [6.07, 6.45) is 5.82. The van der Waals surface area contributed by atoms with E-state index in [1.807, 2.05) is 54.9 Å². The van der Waals surface area contributed by atoms with Gasteiger partial charge < -0.3 is 33.3 Å². The summed E-state index contributed by atoms with van der Waals surface area (Å²) in [6, 6.07) is 27.0. The van der Waals surface area contributed by atoms with Crippen molar-refractivity contribution in [1.29, 1.82) is 0 Å². The molecule has 6 rings (SSSR count). The lowest BCUT2D eigenvalue weighted by molar-refractivity contribution is 0.201. The van der Waals surface area contributed by atoms with Crippen molar-refractivity contribution in [2.24, 2.45) is 0 Å². The molecule has 0 bridgehead atoms. The molecule has 1 aliphatic rings. The van der Waals surface area contributed by atoms with Crippen molar-refractivity contribution in [3.8, 4) is 57.0 Å². The first kappa shape index (κ1) is 35.3. The average molecular weight is 691 g/mol. The monoisotopic (exact) mass is 690 g/mol. The molecule has 10 nitrogen and oxygen atoms in total. The molecule has 1 fully saturated rings. The van der Waals surface area contributed by atoms with Crippen LogP contribution in [0.15, 0.2) is 91.3 Å². The number of anilines is 1. The Morgan fingerprint density at radius 1 is 0.588 bits per heavy atom. The molecule has 0 atom stereocenters. The van der Waals surface area contributed by atoms with Gasteiger partial charge >= 0.3 is 0 Å². The third-order valence-electron chi connectivity index (χ3n) is 9.45. The maximum atomic E-state index is 5.58. The van der Waals surface area contributed by atoms with E-state index < -0.39 is 0 Å². The number of hydrogen-bond donors (Lipinski definition) is 0. The molecular formula is C41H46N4O6. The summed E-state index contributed by atoms with van der Waals surface area (Å²) in [7, 11) is 9.84. The van der Waals surface area contributed by atoms with Gasteiger partial charge in [0.2, 0.25) is 5.75 Å². The standard InChI is InChI=1S/C41H46N4O6/c1-46-34-10-8-32(9-11-34)45(27-29-14-18-42-35(22-29)30-7-12-37(47-2)38(23-30)48-3)33-15-19-44(20-16-33)26-28-13-17-43-36(21-28)31-24-39(49-4)41(51-6)40(25-31)50-5/h7-14,17-18,21-25,33H,15-16,19-20,26-27H2,1-6H3. The topological polar surface area (TPSA) is 87.6 Å². The largest absolute Gasteiger partial charge is 0.497 e. The fourth-order valence-electron chi connectivity index (χ4n) is 6.73. The first-order valence-corrected chi connectivity index (χ1v) is 17.0. The van der Waals surface area contributed by atoms with Gasteiger partial charge in [-0.2, -0.15) is 0 Å². The van der Waals surface area contributed by atoms with E-state index in [0.29, 0.717) is 34.8 Å². The van der Waals surface area contributed by atoms with Gasteiger partial charge in [0, 0.05) is 61.4 Å². The van der Waals surface area contributed by atoms with Crippen molar-refractivity contribution in [3.63, 3.8) is 0 Å². The van der Waals surface area contributed by atoms with Crippen molar-refractivity contribution in [2.45, 2.75) is 32.0 Å². The number of hydrogen-bond acceptors (Lipinski definition) is 10. The van der Waals surface area contributed by atoms with Crippen LogP contribution in [0, 0.1) is 0 Å². The Labute approximate surface area is 300 Å². The third-order valence-corrected chi connectivity index (χ3v) is 9.45. The van der Waals surface area contributed by atoms with Crippen LogP contribution in [0.4, 0.5) is 5.69 Å². The quantitative estimate of drug-likeness (QED) is 0.117. The van der Waals surface area contributed by atoms with Crippen LogP contribution in [0.2, 0.25) is 0 Å². The zero-order valence-electron chi connectivity index (χ0n) is 30.2. The summed E-state index contributed by atoms with van der Waals surface area (Å²) in [5.74, 6) is 3.98. The van der Waals surface area contributed by atoms with Crippen molar-refractivity contribution in [3.05, 3.63) is 102 Å². The third kappa shape index (κ3) is 8.13. The number of likely N-dealkylation sites (tertiary alicyclic amines) is 1. The number of benzene rings is 3. The van der Waals surface area contributed by atoms with Crippen LogP contribution in [0.3, 0.4) is 0 Å². The molecule has 1 saturated heterocycles. The van der Waals surface area contributed by atoms with Crippen molar-refractivity contribution in [1.82, 2.24) is 14.9 Å². The predicted octanol–water partition coefficient (Wildman–Crippen LogP) is 7.53. The minimum atomic E-state index is 0.361.